The first-order valence-corrected chi connectivity index (χ1v) is 8.68. The molecule has 0 aromatic heterocycles. The van der Waals surface area contributed by atoms with Crippen LogP contribution in [0.25, 0.3) is 0 Å². The normalized spacial score (nSPS) is 13.8. The molecule has 2 N–H and O–H groups in total. The molecule has 7 heteroatoms. The molecule has 0 bridgehead atoms. The first-order valence-electron chi connectivity index (χ1n) is 6.44. The Bertz CT molecular complexity index is 731. The average Bonchev–Trinajstić information content (AvgIpc) is 2.48. The van der Waals surface area contributed by atoms with Crippen LogP contribution in [0.2, 0.25) is 0 Å². The maximum atomic E-state index is 12.2. The summed E-state index contributed by atoms with van der Waals surface area (Å²) in [6.45, 7) is 1.84. The molecule has 2 aromatic carbocycles. The Balaban J connectivity index is 2.24. The van der Waals surface area contributed by atoms with Crippen LogP contribution in [0.15, 0.2) is 59.5 Å². The van der Waals surface area contributed by atoms with Gasteiger partial charge in [-0.2, -0.15) is 4.72 Å². The predicted molar refractivity (Wildman–Crippen MR) is 87.3 cm³/mol. The van der Waals surface area contributed by atoms with Crippen LogP contribution in [-0.2, 0) is 14.4 Å². The highest BCUT2D eigenvalue weighted by atomic mass is 35.5. The monoisotopic (exact) mass is 359 g/mol. The molecule has 0 heterocycles. The molecule has 0 radical (unpaired) electrons. The highest BCUT2D eigenvalue weighted by Gasteiger charge is 2.38. The van der Waals surface area contributed by atoms with Crippen molar-refractivity contribution in [2.75, 3.05) is 0 Å². The van der Waals surface area contributed by atoms with Gasteiger partial charge < -0.3 is 5.11 Å². The minimum atomic E-state index is -3.94. The lowest BCUT2D eigenvalue weighted by Gasteiger charge is -2.26. The molecule has 0 fully saturated rings. The van der Waals surface area contributed by atoms with Crippen molar-refractivity contribution in [3.63, 3.8) is 0 Å². The fraction of sp³-hybridized carbons (Fsp3) is 0.200. The topological polar surface area (TPSA) is 66.4 Å². The van der Waals surface area contributed by atoms with Crippen LogP contribution in [0, 0.1) is 6.92 Å². The number of rotatable bonds is 5. The van der Waals surface area contributed by atoms with Crippen LogP contribution in [0.1, 0.15) is 11.1 Å². The smallest absolute Gasteiger partial charge is 0.242 e. The van der Waals surface area contributed by atoms with E-state index < -0.39 is 20.6 Å². The molecule has 2 aromatic rings. The summed E-state index contributed by atoms with van der Waals surface area (Å²) < 4.78 is 24.8. The maximum Gasteiger partial charge on any atom is 0.242 e. The number of halogens is 2. The molecular formula is C15H15Cl2NO3S. The van der Waals surface area contributed by atoms with E-state index in [-0.39, 0.29) is 4.90 Å². The summed E-state index contributed by atoms with van der Waals surface area (Å²) in [5, 5.41) is 10.1. The molecule has 1 atom stereocenters. The van der Waals surface area contributed by atoms with E-state index in [1.54, 1.807) is 42.5 Å². The minimum absolute atomic E-state index is 0.0225. The quantitative estimate of drug-likeness (QED) is 0.637. The third kappa shape index (κ3) is 3.80. The van der Waals surface area contributed by atoms with E-state index in [2.05, 4.69) is 4.72 Å². The van der Waals surface area contributed by atoms with Crippen molar-refractivity contribution in [1.29, 1.82) is 0 Å². The standard InChI is InChI=1S/C15H15Cl2NO3S/c1-11-7-9-13(10-8-11)22(20,21)18-14(19)15(16,17)12-5-3-2-4-6-12/h2-10,14,18-19H,1H3. The molecule has 0 aliphatic heterocycles. The fourth-order valence-corrected chi connectivity index (χ4v) is 3.42. The van der Waals surface area contributed by atoms with Crippen molar-refractivity contribution in [2.24, 2.45) is 0 Å². The number of aliphatic hydroxyl groups excluding tert-OH is 1. The van der Waals surface area contributed by atoms with Gasteiger partial charge in [-0.1, -0.05) is 71.2 Å². The van der Waals surface area contributed by atoms with Crippen LogP contribution < -0.4 is 4.72 Å². The van der Waals surface area contributed by atoms with Crippen LogP contribution >= 0.6 is 23.2 Å². The lowest BCUT2D eigenvalue weighted by molar-refractivity contribution is 0.144. The van der Waals surface area contributed by atoms with E-state index in [1.807, 2.05) is 6.92 Å². The van der Waals surface area contributed by atoms with Gasteiger partial charge in [0.1, 0.15) is 0 Å². The number of benzene rings is 2. The predicted octanol–water partition coefficient (Wildman–Crippen LogP) is 2.92. The number of sulfonamides is 1. The molecule has 118 valence electrons. The molecule has 0 amide bonds. The molecule has 0 aliphatic carbocycles. The van der Waals surface area contributed by atoms with E-state index >= 15 is 0 Å². The molecule has 0 saturated heterocycles. The minimum Gasteiger partial charge on any atom is -0.374 e. The van der Waals surface area contributed by atoms with Gasteiger partial charge in [0.15, 0.2) is 10.6 Å². The molecule has 0 aliphatic rings. The van der Waals surface area contributed by atoms with Crippen LogP contribution in [0.5, 0.6) is 0 Å². The highest BCUT2D eigenvalue weighted by Crippen LogP contribution is 2.36. The lowest BCUT2D eigenvalue weighted by atomic mass is 10.1. The largest absolute Gasteiger partial charge is 0.374 e. The second-order valence-electron chi connectivity index (χ2n) is 4.83. The van der Waals surface area contributed by atoms with Crippen molar-refractivity contribution in [2.45, 2.75) is 22.4 Å². The number of alkyl halides is 2. The zero-order chi connectivity index (χ0) is 16.4. The van der Waals surface area contributed by atoms with Crippen molar-refractivity contribution in [3.05, 3.63) is 65.7 Å². The van der Waals surface area contributed by atoms with E-state index in [4.69, 9.17) is 23.2 Å². The first-order chi connectivity index (χ1) is 10.2. The number of aliphatic hydroxyl groups is 1. The van der Waals surface area contributed by atoms with E-state index in [0.29, 0.717) is 5.56 Å². The third-order valence-electron chi connectivity index (χ3n) is 3.10. The van der Waals surface area contributed by atoms with Crippen LogP contribution in [-0.4, -0.2) is 19.8 Å². The Morgan fingerprint density at radius 2 is 1.59 bits per heavy atom. The lowest BCUT2D eigenvalue weighted by Crippen LogP contribution is -2.44. The zero-order valence-electron chi connectivity index (χ0n) is 11.7. The van der Waals surface area contributed by atoms with Gasteiger partial charge in [0.25, 0.3) is 0 Å². The molecule has 22 heavy (non-hydrogen) atoms. The van der Waals surface area contributed by atoms with Crippen LogP contribution in [0.3, 0.4) is 0 Å². The van der Waals surface area contributed by atoms with Crippen molar-refractivity contribution < 1.29 is 13.5 Å². The first kappa shape index (κ1) is 17.2. The molecule has 0 spiro atoms. The summed E-state index contributed by atoms with van der Waals surface area (Å²) >= 11 is 12.2. The second kappa shape index (κ2) is 6.56. The van der Waals surface area contributed by atoms with Gasteiger partial charge in [-0.3, -0.25) is 0 Å². The zero-order valence-corrected chi connectivity index (χ0v) is 14.0. The molecular weight excluding hydrogens is 345 g/mol. The average molecular weight is 360 g/mol. The summed E-state index contributed by atoms with van der Waals surface area (Å²) in [6, 6.07) is 14.5. The number of aryl methyl sites for hydroxylation is 1. The molecule has 2 rings (SSSR count). The molecule has 4 nitrogen and oxygen atoms in total. The summed E-state index contributed by atoms with van der Waals surface area (Å²) in [4.78, 5) is 0.0225. The van der Waals surface area contributed by atoms with Crippen molar-refractivity contribution in [3.8, 4) is 0 Å². The second-order valence-corrected chi connectivity index (χ2v) is 7.93. The van der Waals surface area contributed by atoms with Gasteiger partial charge in [0.05, 0.1) is 4.90 Å². The molecule has 1 unspecified atom stereocenters. The fourth-order valence-electron chi connectivity index (χ4n) is 1.82. The SMILES string of the molecule is Cc1ccc(S(=O)(=O)NC(O)C(Cl)(Cl)c2ccccc2)cc1. The Morgan fingerprint density at radius 3 is 2.14 bits per heavy atom. The maximum absolute atomic E-state index is 12.2. The van der Waals surface area contributed by atoms with E-state index in [0.717, 1.165) is 5.56 Å². The summed E-state index contributed by atoms with van der Waals surface area (Å²) in [5.41, 5.74) is 1.31. The Kier molecular flexibility index (Phi) is 5.14. The van der Waals surface area contributed by atoms with Crippen LogP contribution in [0.4, 0.5) is 0 Å². The van der Waals surface area contributed by atoms with Gasteiger partial charge in [-0.05, 0) is 24.6 Å². The van der Waals surface area contributed by atoms with Gasteiger partial charge in [0, 0.05) is 0 Å². The Hall–Kier alpha value is -1.11. The van der Waals surface area contributed by atoms with E-state index in [9.17, 15) is 13.5 Å². The number of nitrogens with one attached hydrogen (secondary N) is 1. The summed E-state index contributed by atoms with van der Waals surface area (Å²) in [5.74, 6) is 0. The van der Waals surface area contributed by atoms with Gasteiger partial charge in [0.2, 0.25) is 10.0 Å². The van der Waals surface area contributed by atoms with Crippen molar-refractivity contribution >= 4 is 33.2 Å². The van der Waals surface area contributed by atoms with Gasteiger partial charge in [-0.25, -0.2) is 8.42 Å². The highest BCUT2D eigenvalue weighted by molar-refractivity contribution is 7.89. The van der Waals surface area contributed by atoms with Gasteiger partial charge >= 0.3 is 0 Å². The summed E-state index contributed by atoms with van der Waals surface area (Å²) in [6.07, 6.45) is -1.70. The summed E-state index contributed by atoms with van der Waals surface area (Å²) in [7, 11) is -3.94. The Labute approximate surface area is 139 Å². The Morgan fingerprint density at radius 1 is 1.05 bits per heavy atom. The third-order valence-corrected chi connectivity index (χ3v) is 5.38. The number of hydrogen-bond acceptors (Lipinski definition) is 3. The molecule has 0 saturated carbocycles. The van der Waals surface area contributed by atoms with Crippen molar-refractivity contribution in [1.82, 2.24) is 4.72 Å². The van der Waals surface area contributed by atoms with Gasteiger partial charge in [-0.15, -0.1) is 0 Å². The van der Waals surface area contributed by atoms with E-state index in [1.165, 1.54) is 12.1 Å². The number of hydrogen-bond donors (Lipinski definition) is 2.